The fraction of sp³-hybridized carbons (Fsp3) is 0.364. The largest absolute Gasteiger partial charge is 0.610 e. The molecule has 2 fully saturated rings. The lowest BCUT2D eigenvalue weighted by Gasteiger charge is -2.20. The highest BCUT2D eigenvalue weighted by Crippen LogP contribution is 2.40. The van der Waals surface area contributed by atoms with Crippen LogP contribution < -0.4 is 0 Å². The third kappa shape index (κ3) is 1.85. The van der Waals surface area contributed by atoms with Gasteiger partial charge in [0, 0.05) is 5.82 Å². The molecule has 2 aliphatic heterocycles. The van der Waals surface area contributed by atoms with Gasteiger partial charge < -0.3 is 9.31 Å². The molecule has 0 unspecified atom stereocenters. The molecule has 0 amide bonds. The molecule has 84 valence electrons. The molecule has 5 heteroatoms. The van der Waals surface area contributed by atoms with Crippen molar-refractivity contribution in [2.45, 2.75) is 26.2 Å². The van der Waals surface area contributed by atoms with E-state index in [1.54, 1.807) is 12.1 Å². The average Bonchev–Trinajstić information content (AvgIpc) is 2.64. The quantitative estimate of drug-likeness (QED) is 0.410. The van der Waals surface area contributed by atoms with Gasteiger partial charge in [0.05, 0.1) is 0 Å². The number of rotatable bonds is 3. The van der Waals surface area contributed by atoms with Gasteiger partial charge in [-0.3, -0.25) is 9.59 Å². The van der Waals surface area contributed by atoms with Gasteiger partial charge in [-0.15, -0.1) is 5.98 Å². The molecule has 4 nitrogen and oxygen atoms in total. The number of hydrogen-bond acceptors (Lipinski definition) is 4. The van der Waals surface area contributed by atoms with E-state index < -0.39 is 6.55 Å². The summed E-state index contributed by atoms with van der Waals surface area (Å²) in [7, 11) is 0. The lowest BCUT2D eigenvalue weighted by Crippen LogP contribution is -2.37. The summed E-state index contributed by atoms with van der Waals surface area (Å²) in [6.45, 7) is 0.100. The molecule has 0 aromatic rings. The van der Waals surface area contributed by atoms with Crippen LogP contribution >= 0.6 is 0 Å². The average molecular weight is 220 g/mol. The zero-order valence-corrected chi connectivity index (χ0v) is 9.14. The second-order valence-corrected chi connectivity index (χ2v) is 3.98. The van der Waals surface area contributed by atoms with E-state index >= 15 is 0 Å². The van der Waals surface area contributed by atoms with Gasteiger partial charge in [0.1, 0.15) is 12.8 Å². The standard InChI is InChI=1S/C11H13BO4/c1-2-3-4-5-6-12-9(7-10(13)15-12)8-11(14)16-12/h3-6H,2,7-8H2,1H3/b4-3+,6-5+. The molecular weight excluding hydrogens is 207 g/mol. The molecule has 2 heterocycles. The Balaban J connectivity index is 2.14. The maximum absolute atomic E-state index is 11.2. The van der Waals surface area contributed by atoms with Gasteiger partial charge in [0.2, 0.25) is 0 Å². The van der Waals surface area contributed by atoms with Crippen molar-refractivity contribution in [3.05, 3.63) is 30.0 Å². The third-order valence-electron chi connectivity index (χ3n) is 2.77. The van der Waals surface area contributed by atoms with Crippen molar-refractivity contribution in [1.82, 2.24) is 0 Å². The number of hydrogen-bond donors (Lipinski definition) is 0. The first kappa shape index (κ1) is 10.9. The Morgan fingerprint density at radius 3 is 2.44 bits per heavy atom. The van der Waals surface area contributed by atoms with E-state index in [9.17, 15) is 9.59 Å². The highest BCUT2D eigenvalue weighted by molar-refractivity contribution is 6.84. The maximum atomic E-state index is 11.2. The third-order valence-corrected chi connectivity index (χ3v) is 2.77. The predicted octanol–water partition coefficient (Wildman–Crippen LogP) is 1.50. The molecule has 2 saturated heterocycles. The van der Waals surface area contributed by atoms with Crippen molar-refractivity contribution < 1.29 is 18.9 Å². The predicted molar refractivity (Wildman–Crippen MR) is 59.0 cm³/mol. The lowest BCUT2D eigenvalue weighted by molar-refractivity contribution is -0.138. The first-order valence-corrected chi connectivity index (χ1v) is 5.44. The van der Waals surface area contributed by atoms with Crippen molar-refractivity contribution in [2.24, 2.45) is 0 Å². The summed E-state index contributed by atoms with van der Waals surface area (Å²) >= 11 is 0. The van der Waals surface area contributed by atoms with Crippen molar-refractivity contribution in [1.29, 1.82) is 0 Å². The van der Waals surface area contributed by atoms with Crippen molar-refractivity contribution in [3.63, 3.8) is 0 Å². The van der Waals surface area contributed by atoms with Crippen LogP contribution in [0.2, 0.25) is 0 Å². The number of carbonyl (C=O) groups is 2. The first-order valence-electron chi connectivity index (χ1n) is 5.44. The Labute approximate surface area is 94.3 Å². The minimum absolute atomic E-state index is 0.202. The SMILES string of the molecule is CC/C=C/C=C/[B-]12OC(=O)C[C+]1CC(=O)O2. The lowest BCUT2D eigenvalue weighted by atomic mass is 9.49. The van der Waals surface area contributed by atoms with Crippen LogP contribution in [-0.2, 0) is 18.9 Å². The van der Waals surface area contributed by atoms with Crippen LogP contribution in [0.3, 0.4) is 0 Å². The molecule has 0 bridgehead atoms. The number of carbonyl (C=O) groups excluding carboxylic acids is 2. The van der Waals surface area contributed by atoms with Crippen LogP contribution in [-0.4, -0.2) is 18.5 Å². The second-order valence-electron chi connectivity index (χ2n) is 3.98. The van der Waals surface area contributed by atoms with Crippen LogP contribution in [0, 0.1) is 5.82 Å². The molecule has 0 aliphatic carbocycles. The Morgan fingerprint density at radius 1 is 1.25 bits per heavy atom. The van der Waals surface area contributed by atoms with Gasteiger partial charge in [-0.05, 0) is 6.42 Å². The van der Waals surface area contributed by atoms with Gasteiger partial charge >= 0.3 is 18.5 Å². The summed E-state index contributed by atoms with van der Waals surface area (Å²) in [5.41, 5.74) is 0. The molecule has 0 aromatic carbocycles. The van der Waals surface area contributed by atoms with Crippen LogP contribution in [0.4, 0.5) is 0 Å². The topological polar surface area (TPSA) is 52.6 Å². The fourth-order valence-corrected chi connectivity index (χ4v) is 2.02. The highest BCUT2D eigenvalue weighted by Gasteiger charge is 2.62. The number of fused-ring (bicyclic) bond motifs is 1. The van der Waals surface area contributed by atoms with Crippen molar-refractivity contribution >= 4 is 18.5 Å². The molecule has 0 N–H and O–H groups in total. The zero-order valence-electron chi connectivity index (χ0n) is 9.14. The highest BCUT2D eigenvalue weighted by atomic mass is 16.7. The Morgan fingerprint density at radius 2 is 1.88 bits per heavy atom. The second kappa shape index (κ2) is 4.08. The smallest absolute Gasteiger partial charge is 0.581 e. The van der Waals surface area contributed by atoms with E-state index in [1.807, 2.05) is 19.1 Å². The van der Waals surface area contributed by atoms with Gasteiger partial charge in [-0.2, -0.15) is 0 Å². The zero-order chi connectivity index (χ0) is 11.6. The molecule has 0 aromatic heterocycles. The normalized spacial score (nSPS) is 22.9. The molecular formula is C11H13BO4. The van der Waals surface area contributed by atoms with Gasteiger partial charge in [0.15, 0.2) is 0 Å². The van der Waals surface area contributed by atoms with Crippen LogP contribution in [0.15, 0.2) is 24.2 Å². The summed E-state index contributed by atoms with van der Waals surface area (Å²) in [5, 5.41) is 0. The summed E-state index contributed by atoms with van der Waals surface area (Å²) in [4.78, 5) is 22.4. The summed E-state index contributed by atoms with van der Waals surface area (Å²) in [5.74, 6) is 1.81. The molecule has 0 saturated carbocycles. The van der Waals surface area contributed by atoms with Gasteiger partial charge in [0.25, 0.3) is 0 Å². The molecule has 0 radical (unpaired) electrons. The van der Waals surface area contributed by atoms with Crippen LogP contribution in [0.1, 0.15) is 26.2 Å². The van der Waals surface area contributed by atoms with E-state index in [0.29, 0.717) is 0 Å². The Bertz CT molecular complexity index is 352. The summed E-state index contributed by atoms with van der Waals surface area (Å²) in [6.07, 6.45) is 6.92. The first-order chi connectivity index (χ1) is 7.66. The Kier molecular flexibility index (Phi) is 2.77. The van der Waals surface area contributed by atoms with Crippen LogP contribution in [0.25, 0.3) is 0 Å². The van der Waals surface area contributed by atoms with E-state index in [1.165, 1.54) is 0 Å². The molecule has 16 heavy (non-hydrogen) atoms. The monoisotopic (exact) mass is 220 g/mol. The molecule has 2 rings (SSSR count). The minimum Gasteiger partial charge on any atom is -0.610 e. The number of allylic oxidation sites excluding steroid dienone is 3. The van der Waals surface area contributed by atoms with Crippen LogP contribution in [0.5, 0.6) is 0 Å². The fourth-order valence-electron chi connectivity index (χ4n) is 2.02. The summed E-state index contributed by atoms with van der Waals surface area (Å²) in [6, 6.07) is 0. The van der Waals surface area contributed by atoms with E-state index in [0.717, 1.165) is 12.2 Å². The summed E-state index contributed by atoms with van der Waals surface area (Å²) < 4.78 is 10.3. The Hall–Kier alpha value is -1.65. The van der Waals surface area contributed by atoms with Crippen molar-refractivity contribution in [3.8, 4) is 0 Å². The van der Waals surface area contributed by atoms with E-state index in [-0.39, 0.29) is 24.8 Å². The molecule has 2 aliphatic rings. The van der Waals surface area contributed by atoms with Gasteiger partial charge in [-0.25, -0.2) is 0 Å². The molecule has 0 atom stereocenters. The molecule has 0 spiro atoms. The van der Waals surface area contributed by atoms with Gasteiger partial charge in [-0.1, -0.05) is 25.2 Å². The van der Waals surface area contributed by atoms with E-state index in [4.69, 9.17) is 9.31 Å². The maximum Gasteiger partial charge on any atom is 0.581 e. The minimum atomic E-state index is -1.92. The van der Waals surface area contributed by atoms with E-state index in [2.05, 4.69) is 0 Å². The van der Waals surface area contributed by atoms with Crippen molar-refractivity contribution in [2.75, 3.05) is 0 Å².